The van der Waals surface area contributed by atoms with Crippen LogP contribution in [0.2, 0.25) is 0 Å². The first-order chi connectivity index (χ1) is 34.2. The van der Waals surface area contributed by atoms with Gasteiger partial charge >= 0.3 is 5.97 Å². The molecule has 0 aliphatic carbocycles. The third-order valence-electron chi connectivity index (χ3n) is 13.7. The number of amides is 1. The molecule has 410 valence electrons. The van der Waals surface area contributed by atoms with Crippen molar-refractivity contribution in [3.63, 3.8) is 0 Å². The number of esters is 1. The zero-order valence-corrected chi connectivity index (χ0v) is 45.0. The number of hydrogen-bond acceptors (Lipinski definition) is 10. The summed E-state index contributed by atoms with van der Waals surface area (Å²) < 4.78 is 16.7. The Bertz CT molecular complexity index is 1260. The highest BCUT2D eigenvalue weighted by molar-refractivity contribution is 5.76. The summed E-state index contributed by atoms with van der Waals surface area (Å²) in [5.74, 6) is -0.208. The molecule has 1 amide bonds. The molecule has 11 heteroatoms. The van der Waals surface area contributed by atoms with E-state index in [1.807, 2.05) is 6.08 Å². The van der Waals surface area contributed by atoms with Crippen LogP contribution in [0.5, 0.6) is 0 Å². The highest BCUT2D eigenvalue weighted by Crippen LogP contribution is 2.23. The van der Waals surface area contributed by atoms with E-state index in [2.05, 4.69) is 43.5 Å². The molecule has 1 saturated heterocycles. The summed E-state index contributed by atoms with van der Waals surface area (Å²) in [5.41, 5.74) is 0. The summed E-state index contributed by atoms with van der Waals surface area (Å²) in [7, 11) is 0. The Hall–Kier alpha value is -2.12. The fourth-order valence-electron chi connectivity index (χ4n) is 9.04. The van der Waals surface area contributed by atoms with E-state index in [4.69, 9.17) is 14.2 Å². The maximum absolute atomic E-state index is 13.0. The molecule has 11 nitrogen and oxygen atoms in total. The average molecular weight is 993 g/mol. The minimum absolute atomic E-state index is 0.00735. The number of aliphatic hydroxyl groups excluding tert-OH is 5. The molecule has 70 heavy (non-hydrogen) atoms. The molecule has 1 aliphatic heterocycles. The largest absolute Gasteiger partial charge is 0.466 e. The van der Waals surface area contributed by atoms with Gasteiger partial charge in [0.1, 0.15) is 24.4 Å². The van der Waals surface area contributed by atoms with Crippen molar-refractivity contribution in [1.29, 1.82) is 0 Å². The molecule has 0 saturated carbocycles. The number of rotatable bonds is 50. The zero-order chi connectivity index (χ0) is 51.0. The number of nitrogens with one attached hydrogen (secondary N) is 1. The van der Waals surface area contributed by atoms with Gasteiger partial charge in [0.15, 0.2) is 6.29 Å². The van der Waals surface area contributed by atoms with Gasteiger partial charge in [0.25, 0.3) is 0 Å². The van der Waals surface area contributed by atoms with E-state index in [0.717, 1.165) is 77.0 Å². The van der Waals surface area contributed by atoms with Gasteiger partial charge in [0.05, 0.1) is 32.0 Å². The van der Waals surface area contributed by atoms with Crippen LogP contribution >= 0.6 is 0 Å². The summed E-state index contributed by atoms with van der Waals surface area (Å²) in [6.07, 6.45) is 49.5. The smallest absolute Gasteiger partial charge is 0.305 e. The second-order valence-corrected chi connectivity index (χ2v) is 20.3. The first-order valence-electron chi connectivity index (χ1n) is 29.3. The van der Waals surface area contributed by atoms with E-state index in [9.17, 15) is 35.1 Å². The number of unbranched alkanes of at least 4 members (excludes halogenated alkanes) is 32. The maximum atomic E-state index is 13.0. The van der Waals surface area contributed by atoms with Crippen LogP contribution in [0.4, 0.5) is 0 Å². The lowest BCUT2D eigenvalue weighted by Gasteiger charge is -2.40. The molecule has 1 rings (SSSR count). The molecule has 0 aromatic rings. The highest BCUT2D eigenvalue weighted by atomic mass is 16.7. The van der Waals surface area contributed by atoms with Crippen molar-refractivity contribution in [2.45, 2.75) is 307 Å². The Balaban J connectivity index is 2.09. The number of ether oxygens (including phenoxy) is 3. The second kappa shape index (κ2) is 49.1. The summed E-state index contributed by atoms with van der Waals surface area (Å²) >= 11 is 0. The molecule has 7 unspecified atom stereocenters. The number of carbonyl (C=O) groups excluding carboxylic acids is 2. The van der Waals surface area contributed by atoms with E-state index in [-0.39, 0.29) is 18.5 Å². The Kier molecular flexibility index (Phi) is 46.2. The summed E-state index contributed by atoms with van der Waals surface area (Å²) in [5, 5.41) is 54.3. The third kappa shape index (κ3) is 38.5. The van der Waals surface area contributed by atoms with E-state index < -0.39 is 49.5 Å². The first kappa shape index (κ1) is 65.9. The van der Waals surface area contributed by atoms with E-state index in [0.29, 0.717) is 19.4 Å². The fraction of sp³-hybridized carbons (Fsp3) is 0.864. The molecule has 1 heterocycles. The Labute approximate surface area is 428 Å². The van der Waals surface area contributed by atoms with Crippen molar-refractivity contribution in [3.8, 4) is 0 Å². The van der Waals surface area contributed by atoms with Gasteiger partial charge in [-0.15, -0.1) is 0 Å². The fourth-order valence-corrected chi connectivity index (χ4v) is 9.04. The molecular formula is C59H109NO10. The van der Waals surface area contributed by atoms with Crippen LogP contribution in [0, 0.1) is 0 Å². The Morgan fingerprint density at radius 1 is 0.514 bits per heavy atom. The molecule has 1 aliphatic rings. The van der Waals surface area contributed by atoms with Crippen LogP contribution < -0.4 is 5.32 Å². The van der Waals surface area contributed by atoms with E-state index in [1.54, 1.807) is 6.08 Å². The lowest BCUT2D eigenvalue weighted by atomic mass is 9.99. The predicted octanol–water partition coefficient (Wildman–Crippen LogP) is 13.1. The molecule has 0 aromatic carbocycles. The van der Waals surface area contributed by atoms with Gasteiger partial charge in [-0.05, 0) is 51.4 Å². The normalized spacial score (nSPS) is 19.4. The Morgan fingerprint density at radius 2 is 0.929 bits per heavy atom. The number of carbonyl (C=O) groups is 2. The molecule has 6 N–H and O–H groups in total. The van der Waals surface area contributed by atoms with Crippen LogP contribution in [0.3, 0.4) is 0 Å². The quantitative estimate of drug-likeness (QED) is 0.0195. The lowest BCUT2D eigenvalue weighted by molar-refractivity contribution is -0.302. The third-order valence-corrected chi connectivity index (χ3v) is 13.7. The van der Waals surface area contributed by atoms with Gasteiger partial charge < -0.3 is 45.1 Å². The number of hydrogen-bond donors (Lipinski definition) is 6. The second-order valence-electron chi connectivity index (χ2n) is 20.3. The molecule has 0 spiro atoms. The standard InChI is InChI=1S/C59H109NO10/c1-3-5-7-9-11-13-15-26-29-33-37-41-45-52(62)51(50-69-59-58(67)57(66)56(65)53(49-61)70-59)60-54(63)46-42-38-34-30-27-23-21-19-17-16-18-20-22-24-28-32-36-40-44-48-68-55(64)47-43-39-35-31-25-14-12-10-8-6-4-2/h9,11,26,29,41,45,51-53,56-59,61-62,65-67H,3-8,10,12-25,27-28,30-40,42-44,46-50H2,1-2H3,(H,60,63)/b11-9+,29-26+,45-41+. The van der Waals surface area contributed by atoms with Gasteiger partial charge in [-0.2, -0.15) is 0 Å². The Morgan fingerprint density at radius 3 is 1.40 bits per heavy atom. The molecule has 0 radical (unpaired) electrons. The van der Waals surface area contributed by atoms with Crippen LogP contribution in [0.25, 0.3) is 0 Å². The van der Waals surface area contributed by atoms with Crippen molar-refractivity contribution in [2.75, 3.05) is 19.8 Å². The van der Waals surface area contributed by atoms with Crippen LogP contribution in [0.1, 0.15) is 264 Å². The summed E-state index contributed by atoms with van der Waals surface area (Å²) in [6, 6.07) is -0.836. The average Bonchev–Trinajstić information content (AvgIpc) is 3.36. The topological polar surface area (TPSA) is 175 Å². The summed E-state index contributed by atoms with van der Waals surface area (Å²) in [4.78, 5) is 25.0. The van der Waals surface area contributed by atoms with Crippen LogP contribution in [0.15, 0.2) is 36.5 Å². The minimum atomic E-state index is -1.58. The molecule has 1 fully saturated rings. The molecule has 0 bridgehead atoms. The van der Waals surface area contributed by atoms with Crippen molar-refractivity contribution >= 4 is 11.9 Å². The van der Waals surface area contributed by atoms with Crippen molar-refractivity contribution in [2.24, 2.45) is 0 Å². The van der Waals surface area contributed by atoms with Crippen molar-refractivity contribution < 1.29 is 49.3 Å². The first-order valence-corrected chi connectivity index (χ1v) is 29.3. The lowest BCUT2D eigenvalue weighted by Crippen LogP contribution is -2.60. The number of allylic oxidation sites excluding steroid dienone is 5. The molecule has 0 aromatic heterocycles. The molecular weight excluding hydrogens is 883 g/mol. The minimum Gasteiger partial charge on any atom is -0.466 e. The maximum Gasteiger partial charge on any atom is 0.305 e. The van der Waals surface area contributed by atoms with Gasteiger partial charge in [0, 0.05) is 12.8 Å². The summed E-state index contributed by atoms with van der Waals surface area (Å²) in [6.45, 7) is 4.26. The van der Waals surface area contributed by atoms with Crippen LogP contribution in [-0.2, 0) is 23.8 Å². The monoisotopic (exact) mass is 992 g/mol. The SMILES string of the molecule is CCCC/C=C/CC/C=C/CC/C=C/C(O)C(COC1OC(CO)C(O)C(O)C1O)NC(=O)CCCCCCCCCCCCCCCCCCCCCOC(=O)CCCCCCCCCCCCC. The van der Waals surface area contributed by atoms with Crippen LogP contribution in [-0.4, -0.2) is 100 Å². The molecule has 7 atom stereocenters. The predicted molar refractivity (Wildman–Crippen MR) is 287 cm³/mol. The van der Waals surface area contributed by atoms with Gasteiger partial charge in [-0.1, -0.05) is 237 Å². The van der Waals surface area contributed by atoms with E-state index >= 15 is 0 Å². The highest BCUT2D eigenvalue weighted by Gasteiger charge is 2.44. The number of aliphatic hydroxyl groups is 5. The van der Waals surface area contributed by atoms with E-state index in [1.165, 1.54) is 161 Å². The van der Waals surface area contributed by atoms with Gasteiger partial charge in [-0.25, -0.2) is 0 Å². The van der Waals surface area contributed by atoms with Crippen molar-refractivity contribution in [1.82, 2.24) is 5.32 Å². The van der Waals surface area contributed by atoms with Gasteiger partial charge in [0.2, 0.25) is 5.91 Å². The van der Waals surface area contributed by atoms with Crippen molar-refractivity contribution in [3.05, 3.63) is 36.5 Å². The zero-order valence-electron chi connectivity index (χ0n) is 45.0. The van der Waals surface area contributed by atoms with Gasteiger partial charge in [-0.3, -0.25) is 9.59 Å².